The number of hydrogen-bond donors (Lipinski definition) is 0. The molecule has 1 unspecified atom stereocenters. The third-order valence-corrected chi connectivity index (χ3v) is 8.29. The summed E-state index contributed by atoms with van der Waals surface area (Å²) in [5.74, 6) is 0.479. The number of fused-ring (bicyclic) bond motifs is 2. The monoisotopic (exact) mass is 579 g/mol. The van der Waals surface area contributed by atoms with Crippen LogP contribution in [0.5, 0.6) is 11.5 Å². The van der Waals surface area contributed by atoms with Crippen LogP contribution in [0.25, 0.3) is 22.7 Å². The molecule has 0 aliphatic carbocycles. The normalized spacial score (nSPS) is 15.0. The van der Waals surface area contributed by atoms with Gasteiger partial charge >= 0.3 is 5.97 Å². The van der Waals surface area contributed by atoms with Crippen molar-refractivity contribution in [1.82, 2.24) is 9.13 Å². The van der Waals surface area contributed by atoms with Crippen LogP contribution in [0.15, 0.2) is 94.4 Å². The second-order valence-corrected chi connectivity index (χ2v) is 10.8. The van der Waals surface area contributed by atoms with E-state index in [4.69, 9.17) is 19.2 Å². The number of nitrogens with zero attached hydrogens (tertiary/aromatic N) is 3. The molecule has 6 rings (SSSR count). The number of ether oxygens (including phenoxy) is 3. The summed E-state index contributed by atoms with van der Waals surface area (Å²) in [4.78, 5) is 33.3. The van der Waals surface area contributed by atoms with E-state index in [0.29, 0.717) is 32.1 Å². The first-order valence-electron chi connectivity index (χ1n) is 13.5. The summed E-state index contributed by atoms with van der Waals surface area (Å²) >= 11 is 1.29. The fourth-order valence-electron chi connectivity index (χ4n) is 5.41. The Hall–Kier alpha value is -4.89. The summed E-state index contributed by atoms with van der Waals surface area (Å²) in [5.41, 5.74) is 3.89. The molecule has 1 atom stereocenters. The van der Waals surface area contributed by atoms with Crippen molar-refractivity contribution in [3.8, 4) is 11.5 Å². The highest BCUT2D eigenvalue weighted by Gasteiger charge is 2.35. The summed E-state index contributed by atoms with van der Waals surface area (Å²) in [7, 11) is 5.09. The molecule has 0 fully saturated rings. The largest absolute Gasteiger partial charge is 0.493 e. The molecular formula is C33H29N3O5S. The van der Waals surface area contributed by atoms with Crippen LogP contribution >= 0.6 is 11.3 Å². The molecule has 3 aromatic carbocycles. The van der Waals surface area contributed by atoms with E-state index in [1.165, 1.54) is 11.3 Å². The van der Waals surface area contributed by atoms with Gasteiger partial charge in [-0.15, -0.1) is 0 Å². The van der Waals surface area contributed by atoms with Gasteiger partial charge in [0.1, 0.15) is 0 Å². The van der Waals surface area contributed by atoms with E-state index < -0.39 is 12.0 Å². The number of carbonyl (C=O) groups excluding carboxylic acids is 1. The number of rotatable bonds is 7. The molecule has 1 aliphatic rings. The smallest absolute Gasteiger partial charge is 0.338 e. The van der Waals surface area contributed by atoms with Crippen LogP contribution in [0.3, 0.4) is 0 Å². The van der Waals surface area contributed by atoms with Crippen LogP contribution in [0, 0.1) is 0 Å². The number of esters is 1. The standard InChI is InChI=1S/C33H29N3O5S/c1-5-41-32(38)28-29(20-11-7-6-8-12-20)34-33-36(30(28)21-15-16-25(39-3)26(17-21)40-4)31(37)27(42-33)18-22-19-35(2)24-14-10-9-13-23(22)24/h6-19,30H,5H2,1-4H3/b27-18+. The lowest BCUT2D eigenvalue weighted by Gasteiger charge is -2.26. The highest BCUT2D eigenvalue weighted by Crippen LogP contribution is 2.38. The predicted octanol–water partition coefficient (Wildman–Crippen LogP) is 4.44. The SMILES string of the molecule is CCOC(=O)C1=C(c2ccccc2)N=c2s/c(=C/c3cn(C)c4ccccc34)c(=O)n2C1c1ccc(OC)c(OC)c1. The fraction of sp³-hybridized carbons (Fsp3) is 0.182. The van der Waals surface area contributed by atoms with Crippen molar-refractivity contribution in [3.63, 3.8) is 0 Å². The lowest BCUT2D eigenvalue weighted by molar-refractivity contribution is -0.138. The fourth-order valence-corrected chi connectivity index (χ4v) is 6.40. The molecule has 42 heavy (non-hydrogen) atoms. The molecule has 8 nitrogen and oxygen atoms in total. The average molecular weight is 580 g/mol. The maximum atomic E-state index is 14.2. The number of hydrogen-bond acceptors (Lipinski definition) is 7. The number of aromatic nitrogens is 2. The van der Waals surface area contributed by atoms with Crippen molar-refractivity contribution >= 4 is 40.0 Å². The minimum Gasteiger partial charge on any atom is -0.493 e. The second-order valence-electron chi connectivity index (χ2n) is 9.76. The Bertz CT molecular complexity index is 2040. The molecule has 212 valence electrons. The topological polar surface area (TPSA) is 84.1 Å². The highest BCUT2D eigenvalue weighted by atomic mass is 32.1. The number of carbonyl (C=O) groups is 1. The van der Waals surface area contributed by atoms with Gasteiger partial charge in [-0.05, 0) is 36.8 Å². The number of aryl methyl sites for hydroxylation is 1. The summed E-state index contributed by atoms with van der Waals surface area (Å²) in [6, 6.07) is 22.1. The van der Waals surface area contributed by atoms with Gasteiger partial charge in [0.05, 0.1) is 42.7 Å². The van der Waals surface area contributed by atoms with Gasteiger partial charge in [-0.1, -0.05) is 65.9 Å². The molecular weight excluding hydrogens is 550 g/mol. The van der Waals surface area contributed by atoms with Crippen LogP contribution < -0.4 is 24.4 Å². The molecule has 0 N–H and O–H groups in total. The molecule has 5 aromatic rings. The number of methoxy groups -OCH3 is 2. The molecule has 0 radical (unpaired) electrons. The van der Waals surface area contributed by atoms with Crippen molar-refractivity contribution in [2.75, 3.05) is 20.8 Å². The Morgan fingerprint density at radius 2 is 1.74 bits per heavy atom. The Morgan fingerprint density at radius 1 is 1.00 bits per heavy atom. The maximum absolute atomic E-state index is 14.2. The summed E-state index contributed by atoms with van der Waals surface area (Å²) < 4.78 is 20.7. The first-order chi connectivity index (χ1) is 20.4. The Balaban J connectivity index is 1.67. The lowest BCUT2D eigenvalue weighted by atomic mass is 9.93. The van der Waals surface area contributed by atoms with E-state index in [1.807, 2.05) is 84.6 Å². The van der Waals surface area contributed by atoms with Gasteiger partial charge in [-0.25, -0.2) is 9.79 Å². The van der Waals surface area contributed by atoms with Crippen LogP contribution in [0.4, 0.5) is 0 Å². The minimum atomic E-state index is -0.815. The lowest BCUT2D eigenvalue weighted by Crippen LogP contribution is -2.40. The average Bonchev–Trinajstić information content (AvgIpc) is 3.51. The van der Waals surface area contributed by atoms with Crippen LogP contribution in [-0.4, -0.2) is 35.9 Å². The third-order valence-electron chi connectivity index (χ3n) is 7.31. The van der Waals surface area contributed by atoms with E-state index in [0.717, 1.165) is 22.0 Å². The summed E-state index contributed by atoms with van der Waals surface area (Å²) in [6.07, 6.45) is 3.90. The molecule has 9 heteroatoms. The zero-order chi connectivity index (χ0) is 29.4. The van der Waals surface area contributed by atoms with Crippen molar-refractivity contribution < 1.29 is 19.0 Å². The van der Waals surface area contributed by atoms with E-state index in [-0.39, 0.29) is 17.7 Å². The van der Waals surface area contributed by atoms with Gasteiger partial charge in [0.2, 0.25) is 0 Å². The van der Waals surface area contributed by atoms with Gasteiger partial charge in [0.25, 0.3) is 5.56 Å². The Kier molecular flexibility index (Phi) is 7.26. The van der Waals surface area contributed by atoms with E-state index in [9.17, 15) is 9.59 Å². The highest BCUT2D eigenvalue weighted by molar-refractivity contribution is 7.07. The molecule has 2 aromatic heterocycles. The van der Waals surface area contributed by atoms with Crippen LogP contribution in [0.1, 0.15) is 29.7 Å². The summed E-state index contributed by atoms with van der Waals surface area (Å²) in [5, 5.41) is 1.04. The van der Waals surface area contributed by atoms with Crippen molar-refractivity contribution in [1.29, 1.82) is 0 Å². The quantitative estimate of drug-likeness (QED) is 0.266. The van der Waals surface area contributed by atoms with Crippen LogP contribution in [-0.2, 0) is 16.6 Å². The molecule has 0 amide bonds. The van der Waals surface area contributed by atoms with Gasteiger partial charge in [-0.3, -0.25) is 9.36 Å². The molecule has 0 saturated heterocycles. The van der Waals surface area contributed by atoms with Gasteiger partial charge in [0.15, 0.2) is 16.3 Å². The maximum Gasteiger partial charge on any atom is 0.338 e. The zero-order valence-corrected chi connectivity index (χ0v) is 24.5. The van der Waals surface area contributed by atoms with E-state index in [1.54, 1.807) is 37.8 Å². The minimum absolute atomic E-state index is 0.175. The Morgan fingerprint density at radius 3 is 2.48 bits per heavy atom. The second kappa shape index (κ2) is 11.2. The number of para-hydroxylation sites is 1. The van der Waals surface area contributed by atoms with Crippen LogP contribution in [0.2, 0.25) is 0 Å². The van der Waals surface area contributed by atoms with E-state index in [2.05, 4.69) is 0 Å². The molecule has 3 heterocycles. The van der Waals surface area contributed by atoms with Crippen molar-refractivity contribution in [3.05, 3.63) is 121 Å². The van der Waals surface area contributed by atoms with Gasteiger partial charge < -0.3 is 18.8 Å². The predicted molar refractivity (Wildman–Crippen MR) is 164 cm³/mol. The van der Waals surface area contributed by atoms with E-state index >= 15 is 0 Å². The Labute approximate surface area is 246 Å². The first kappa shape index (κ1) is 27.3. The van der Waals surface area contributed by atoms with Gasteiger partial charge in [0, 0.05) is 35.3 Å². The van der Waals surface area contributed by atoms with Crippen molar-refractivity contribution in [2.24, 2.45) is 12.0 Å². The molecule has 0 spiro atoms. The first-order valence-corrected chi connectivity index (χ1v) is 14.3. The number of thiazole rings is 1. The third kappa shape index (κ3) is 4.61. The zero-order valence-electron chi connectivity index (χ0n) is 23.7. The van der Waals surface area contributed by atoms with Gasteiger partial charge in [-0.2, -0.15) is 0 Å². The van der Waals surface area contributed by atoms with Crippen molar-refractivity contribution in [2.45, 2.75) is 13.0 Å². The molecule has 0 bridgehead atoms. The number of benzene rings is 3. The molecule has 0 saturated carbocycles. The molecule has 1 aliphatic heterocycles. The summed E-state index contributed by atoms with van der Waals surface area (Å²) in [6.45, 7) is 1.93.